The Balaban J connectivity index is 1.75. The molecule has 4 rings (SSSR count). The van der Waals surface area contributed by atoms with Crippen molar-refractivity contribution in [1.29, 1.82) is 0 Å². The number of benzene rings is 2. The number of fused-ring (bicyclic) bond motifs is 2. The molecule has 0 amide bonds. The summed E-state index contributed by atoms with van der Waals surface area (Å²) >= 11 is 0. The summed E-state index contributed by atoms with van der Waals surface area (Å²) in [6.07, 6.45) is 1.26. The van der Waals surface area contributed by atoms with Crippen LogP contribution >= 0.6 is 0 Å². The molecule has 7 nitrogen and oxygen atoms in total. The second kappa shape index (κ2) is 7.44. The molecular formula is C21H20O7S. The van der Waals surface area contributed by atoms with Crippen LogP contribution in [0.5, 0.6) is 17.2 Å². The molecule has 0 aliphatic carbocycles. The van der Waals surface area contributed by atoms with Crippen molar-refractivity contribution < 1.29 is 26.5 Å². The Kier molecular flexibility index (Phi) is 4.96. The van der Waals surface area contributed by atoms with Crippen LogP contribution in [0.4, 0.5) is 0 Å². The predicted molar refractivity (Wildman–Crippen MR) is 106 cm³/mol. The average molecular weight is 416 g/mol. The minimum absolute atomic E-state index is 0.0467. The number of hydrogen-bond acceptors (Lipinski definition) is 7. The summed E-state index contributed by atoms with van der Waals surface area (Å²) in [7, 11) is -4.14. The summed E-state index contributed by atoms with van der Waals surface area (Å²) in [5, 5.41) is 0.738. The molecule has 1 aromatic heterocycles. The number of aryl methyl sites for hydroxylation is 2. The standard InChI is InChI=1S/C21H20O7S/c1-3-14-10-16-13(2)9-21(22)27-19(16)12-18(14)28-29(23,24)15-5-6-17-20(11-15)26-8-4-7-25-17/h5-6,9-12H,3-4,7-8H2,1-2H3. The molecule has 29 heavy (non-hydrogen) atoms. The molecule has 152 valence electrons. The molecule has 0 bridgehead atoms. The normalized spacial score (nSPS) is 13.9. The molecule has 0 fully saturated rings. The minimum Gasteiger partial charge on any atom is -0.490 e. The zero-order valence-electron chi connectivity index (χ0n) is 16.1. The molecule has 0 N–H and O–H groups in total. The van der Waals surface area contributed by atoms with Crippen LogP contribution in [-0.2, 0) is 16.5 Å². The smallest absolute Gasteiger partial charge is 0.339 e. The van der Waals surface area contributed by atoms with E-state index in [1.807, 2.05) is 6.92 Å². The van der Waals surface area contributed by atoms with Gasteiger partial charge in [0.25, 0.3) is 0 Å². The number of hydrogen-bond donors (Lipinski definition) is 0. The molecule has 8 heteroatoms. The van der Waals surface area contributed by atoms with Crippen molar-refractivity contribution in [3.8, 4) is 17.2 Å². The van der Waals surface area contributed by atoms with Gasteiger partial charge < -0.3 is 18.1 Å². The van der Waals surface area contributed by atoms with Crippen molar-refractivity contribution in [3.05, 3.63) is 57.9 Å². The van der Waals surface area contributed by atoms with E-state index in [1.165, 1.54) is 24.3 Å². The van der Waals surface area contributed by atoms with Gasteiger partial charge in [-0.05, 0) is 42.7 Å². The molecule has 1 aliphatic heterocycles. The van der Waals surface area contributed by atoms with Gasteiger partial charge in [0, 0.05) is 30.0 Å². The van der Waals surface area contributed by atoms with Crippen LogP contribution in [0.2, 0.25) is 0 Å². The highest BCUT2D eigenvalue weighted by molar-refractivity contribution is 7.87. The zero-order chi connectivity index (χ0) is 20.6. The highest BCUT2D eigenvalue weighted by Crippen LogP contribution is 2.34. The van der Waals surface area contributed by atoms with E-state index < -0.39 is 15.7 Å². The van der Waals surface area contributed by atoms with Crippen molar-refractivity contribution in [1.82, 2.24) is 0 Å². The van der Waals surface area contributed by atoms with E-state index >= 15 is 0 Å². The van der Waals surface area contributed by atoms with Crippen molar-refractivity contribution in [3.63, 3.8) is 0 Å². The van der Waals surface area contributed by atoms with Gasteiger partial charge in [0.05, 0.1) is 13.2 Å². The van der Waals surface area contributed by atoms with Crippen molar-refractivity contribution in [2.24, 2.45) is 0 Å². The van der Waals surface area contributed by atoms with Gasteiger partial charge in [0.15, 0.2) is 11.5 Å². The molecule has 1 aliphatic rings. The molecular weight excluding hydrogens is 396 g/mol. The van der Waals surface area contributed by atoms with Gasteiger partial charge in [-0.15, -0.1) is 0 Å². The molecule has 2 heterocycles. The Bertz CT molecular complexity index is 1240. The first kappa shape index (κ1) is 19.3. The first-order valence-corrected chi connectivity index (χ1v) is 10.7. The monoisotopic (exact) mass is 416 g/mol. The van der Waals surface area contributed by atoms with E-state index in [-0.39, 0.29) is 16.2 Å². The Morgan fingerprint density at radius 1 is 1.03 bits per heavy atom. The van der Waals surface area contributed by atoms with Crippen LogP contribution in [0, 0.1) is 6.92 Å². The largest absolute Gasteiger partial charge is 0.490 e. The molecule has 0 spiro atoms. The van der Waals surface area contributed by atoms with Gasteiger partial charge in [-0.25, -0.2) is 4.79 Å². The van der Waals surface area contributed by atoms with E-state index in [0.717, 1.165) is 17.4 Å². The van der Waals surface area contributed by atoms with E-state index in [0.29, 0.717) is 36.7 Å². The Morgan fingerprint density at radius 2 is 1.79 bits per heavy atom. The average Bonchev–Trinajstić information content (AvgIpc) is 2.92. The van der Waals surface area contributed by atoms with Crippen LogP contribution in [-0.4, -0.2) is 21.6 Å². The van der Waals surface area contributed by atoms with Crippen LogP contribution in [0.15, 0.2) is 50.5 Å². The lowest BCUT2D eigenvalue weighted by molar-refractivity contribution is 0.296. The fraction of sp³-hybridized carbons (Fsp3) is 0.286. The van der Waals surface area contributed by atoms with E-state index in [2.05, 4.69) is 0 Å². The lowest BCUT2D eigenvalue weighted by Gasteiger charge is -2.13. The molecule has 0 saturated heterocycles. The molecule has 3 aromatic rings. The summed E-state index contributed by atoms with van der Waals surface area (Å²) < 4.78 is 47.6. The van der Waals surface area contributed by atoms with E-state index in [9.17, 15) is 13.2 Å². The maximum atomic E-state index is 12.9. The molecule has 0 radical (unpaired) electrons. The number of ether oxygens (including phenoxy) is 2. The third-order valence-corrected chi connectivity index (χ3v) is 5.95. The maximum absolute atomic E-state index is 12.9. The maximum Gasteiger partial charge on any atom is 0.339 e. The Hall–Kier alpha value is -3.00. The van der Waals surface area contributed by atoms with Crippen LogP contribution < -0.4 is 19.3 Å². The summed E-state index contributed by atoms with van der Waals surface area (Å²) in [6, 6.07) is 9.00. The minimum atomic E-state index is -4.14. The van der Waals surface area contributed by atoms with Gasteiger partial charge in [-0.1, -0.05) is 6.92 Å². The zero-order valence-corrected chi connectivity index (χ0v) is 16.9. The summed E-state index contributed by atoms with van der Waals surface area (Å²) in [5.74, 6) is 0.988. The SMILES string of the molecule is CCc1cc2c(C)cc(=O)oc2cc1OS(=O)(=O)c1ccc2c(c1)OCCCO2. The van der Waals surface area contributed by atoms with Gasteiger partial charge >= 0.3 is 15.7 Å². The van der Waals surface area contributed by atoms with E-state index in [4.69, 9.17) is 18.1 Å². The molecule has 0 atom stereocenters. The summed E-state index contributed by atoms with van der Waals surface area (Å²) in [4.78, 5) is 11.6. The highest BCUT2D eigenvalue weighted by Gasteiger charge is 2.22. The molecule has 0 saturated carbocycles. The lowest BCUT2D eigenvalue weighted by atomic mass is 10.1. The third-order valence-electron chi connectivity index (χ3n) is 4.72. The molecule has 2 aromatic carbocycles. The van der Waals surface area contributed by atoms with Crippen LogP contribution in [0.25, 0.3) is 11.0 Å². The molecule has 0 unspecified atom stereocenters. The van der Waals surface area contributed by atoms with Crippen LogP contribution in [0.3, 0.4) is 0 Å². The second-order valence-electron chi connectivity index (χ2n) is 6.75. The van der Waals surface area contributed by atoms with Crippen molar-refractivity contribution in [2.45, 2.75) is 31.6 Å². The predicted octanol–water partition coefficient (Wildman–Crippen LogP) is 3.59. The summed E-state index contributed by atoms with van der Waals surface area (Å²) in [6.45, 7) is 4.65. The van der Waals surface area contributed by atoms with Gasteiger partial charge in [0.2, 0.25) is 0 Å². The lowest BCUT2D eigenvalue weighted by Crippen LogP contribution is -2.11. The van der Waals surface area contributed by atoms with Crippen LogP contribution in [0.1, 0.15) is 24.5 Å². The highest BCUT2D eigenvalue weighted by atomic mass is 32.2. The first-order valence-electron chi connectivity index (χ1n) is 9.29. The fourth-order valence-electron chi connectivity index (χ4n) is 3.21. The summed E-state index contributed by atoms with van der Waals surface area (Å²) in [5.41, 5.74) is 1.21. The van der Waals surface area contributed by atoms with Gasteiger partial charge in [-0.2, -0.15) is 8.42 Å². The Morgan fingerprint density at radius 3 is 2.55 bits per heavy atom. The second-order valence-corrected chi connectivity index (χ2v) is 8.30. The Labute approximate surface area is 167 Å². The fourth-order valence-corrected chi connectivity index (χ4v) is 4.18. The topological polar surface area (TPSA) is 92.0 Å². The first-order chi connectivity index (χ1) is 13.9. The van der Waals surface area contributed by atoms with Crippen molar-refractivity contribution in [2.75, 3.05) is 13.2 Å². The van der Waals surface area contributed by atoms with Gasteiger partial charge in [0.1, 0.15) is 16.2 Å². The van der Waals surface area contributed by atoms with E-state index in [1.54, 1.807) is 19.1 Å². The number of rotatable bonds is 4. The van der Waals surface area contributed by atoms with Crippen molar-refractivity contribution >= 4 is 21.1 Å². The quantitative estimate of drug-likeness (QED) is 0.474. The van der Waals surface area contributed by atoms with Gasteiger partial charge in [-0.3, -0.25) is 0 Å². The third kappa shape index (κ3) is 3.80.